The molecule has 2 rings (SSSR count). The van der Waals surface area contributed by atoms with E-state index in [0.29, 0.717) is 0 Å². The number of hydrogen-bond donors (Lipinski definition) is 1. The van der Waals surface area contributed by atoms with Gasteiger partial charge in [0.25, 0.3) is 5.91 Å². The van der Waals surface area contributed by atoms with Gasteiger partial charge >= 0.3 is 0 Å². The summed E-state index contributed by atoms with van der Waals surface area (Å²) in [5, 5.41) is 2.87. The van der Waals surface area contributed by atoms with Gasteiger partial charge in [-0.15, -0.1) is 0 Å². The summed E-state index contributed by atoms with van der Waals surface area (Å²) in [5.74, 6) is -0.572. The van der Waals surface area contributed by atoms with Crippen LogP contribution in [0.5, 0.6) is 5.75 Å². The molecule has 1 aromatic heterocycles. The van der Waals surface area contributed by atoms with Gasteiger partial charge in [0, 0.05) is 0 Å². The number of para-hydroxylation sites is 1. The molecule has 1 aromatic carbocycles. The van der Waals surface area contributed by atoms with Crippen molar-refractivity contribution in [2.75, 3.05) is 6.61 Å². The molecule has 0 aliphatic heterocycles. The Morgan fingerprint density at radius 2 is 2.14 bits per heavy atom. The maximum atomic E-state index is 13.6. The van der Waals surface area contributed by atoms with Crippen LogP contribution in [0.25, 0.3) is 0 Å². The molecule has 1 N–H and O–H groups in total. The number of aromatic nitrogens is 2. The third kappa shape index (κ3) is 4.24. The molecule has 7 heteroatoms. The summed E-state index contributed by atoms with van der Waals surface area (Å²) in [7, 11) is 0. The van der Waals surface area contributed by atoms with Gasteiger partial charge in [0.05, 0.1) is 24.0 Å². The zero-order chi connectivity index (χ0) is 16.2. The molecule has 0 fully saturated rings. The van der Waals surface area contributed by atoms with Crippen LogP contribution in [0.4, 0.5) is 4.39 Å². The molecular formula is C15H18FN3O2S. The quantitative estimate of drug-likeness (QED) is 0.919. The first kappa shape index (κ1) is 16.4. The zero-order valence-electron chi connectivity index (χ0n) is 12.7. The third-order valence-electron chi connectivity index (χ3n) is 3.19. The Labute approximate surface area is 132 Å². The van der Waals surface area contributed by atoms with E-state index in [1.807, 2.05) is 20.8 Å². The van der Waals surface area contributed by atoms with Crippen LogP contribution in [0.1, 0.15) is 31.3 Å². The van der Waals surface area contributed by atoms with Gasteiger partial charge in [0.15, 0.2) is 17.3 Å². The standard InChI is InChI=1S/C15H18FN3O2S/c1-15(2,3)13(18-14(20)11-8-17-22-19-11)9-21-12-7-5-4-6-10(12)16/h4-8,13H,9H2,1-3H3,(H,18,20). The van der Waals surface area contributed by atoms with Gasteiger partial charge in [-0.1, -0.05) is 32.9 Å². The van der Waals surface area contributed by atoms with Crippen LogP contribution in [-0.4, -0.2) is 27.3 Å². The van der Waals surface area contributed by atoms with Crippen molar-refractivity contribution in [2.24, 2.45) is 5.41 Å². The first-order valence-electron chi connectivity index (χ1n) is 6.83. The van der Waals surface area contributed by atoms with Gasteiger partial charge in [0.1, 0.15) is 6.61 Å². The highest BCUT2D eigenvalue weighted by molar-refractivity contribution is 6.99. The molecule has 0 radical (unpaired) electrons. The molecule has 1 heterocycles. The number of hydrogen-bond acceptors (Lipinski definition) is 5. The summed E-state index contributed by atoms with van der Waals surface area (Å²) in [4.78, 5) is 12.1. The Kier molecular flexibility index (Phi) is 5.07. The van der Waals surface area contributed by atoms with Crippen molar-refractivity contribution in [1.82, 2.24) is 14.1 Å². The monoisotopic (exact) mass is 323 g/mol. The molecule has 0 aliphatic rings. The molecule has 2 aromatic rings. The fraction of sp³-hybridized carbons (Fsp3) is 0.400. The fourth-order valence-corrected chi connectivity index (χ4v) is 2.15. The summed E-state index contributed by atoms with van der Waals surface area (Å²) in [6, 6.07) is 5.88. The molecule has 1 atom stereocenters. The molecule has 0 saturated heterocycles. The minimum absolute atomic E-state index is 0.160. The average Bonchev–Trinajstić information content (AvgIpc) is 2.97. The number of nitrogens with one attached hydrogen (secondary N) is 1. The Morgan fingerprint density at radius 3 is 2.73 bits per heavy atom. The SMILES string of the molecule is CC(C)(C)C(COc1ccccc1F)NC(=O)c1cnsn1. The first-order chi connectivity index (χ1) is 10.4. The number of carbonyl (C=O) groups is 1. The van der Waals surface area contributed by atoms with E-state index in [1.165, 1.54) is 12.3 Å². The van der Waals surface area contributed by atoms with E-state index in [1.54, 1.807) is 18.2 Å². The van der Waals surface area contributed by atoms with E-state index in [9.17, 15) is 9.18 Å². The summed E-state index contributed by atoms with van der Waals surface area (Å²) in [6.07, 6.45) is 1.41. The maximum absolute atomic E-state index is 13.6. The van der Waals surface area contributed by atoms with Crippen molar-refractivity contribution < 1.29 is 13.9 Å². The van der Waals surface area contributed by atoms with Crippen LogP contribution < -0.4 is 10.1 Å². The maximum Gasteiger partial charge on any atom is 0.273 e. The molecule has 5 nitrogen and oxygen atoms in total. The lowest BCUT2D eigenvalue weighted by Gasteiger charge is -2.31. The van der Waals surface area contributed by atoms with Crippen molar-refractivity contribution in [2.45, 2.75) is 26.8 Å². The lowest BCUT2D eigenvalue weighted by Crippen LogP contribution is -2.47. The van der Waals surface area contributed by atoms with Crippen molar-refractivity contribution >= 4 is 17.6 Å². The van der Waals surface area contributed by atoms with Crippen LogP contribution >= 0.6 is 11.7 Å². The number of benzene rings is 1. The molecule has 0 bridgehead atoms. The number of carbonyl (C=O) groups excluding carboxylic acids is 1. The van der Waals surface area contributed by atoms with E-state index in [4.69, 9.17) is 4.74 Å². The van der Waals surface area contributed by atoms with E-state index >= 15 is 0 Å². The zero-order valence-corrected chi connectivity index (χ0v) is 13.5. The molecule has 22 heavy (non-hydrogen) atoms. The van der Waals surface area contributed by atoms with Gasteiger partial charge < -0.3 is 10.1 Å². The molecule has 118 valence electrons. The van der Waals surface area contributed by atoms with E-state index in [-0.39, 0.29) is 35.4 Å². The van der Waals surface area contributed by atoms with Gasteiger partial charge in [-0.05, 0) is 17.5 Å². The molecule has 0 saturated carbocycles. The Bertz CT molecular complexity index is 626. The minimum Gasteiger partial charge on any atom is -0.488 e. The highest BCUT2D eigenvalue weighted by Crippen LogP contribution is 2.22. The molecule has 0 spiro atoms. The summed E-state index contributed by atoms with van der Waals surface area (Å²) in [5.41, 5.74) is 0.00909. The largest absolute Gasteiger partial charge is 0.488 e. The van der Waals surface area contributed by atoms with Gasteiger partial charge in [-0.25, -0.2) is 4.39 Å². The highest BCUT2D eigenvalue weighted by Gasteiger charge is 2.28. The predicted molar refractivity (Wildman–Crippen MR) is 82.5 cm³/mol. The van der Waals surface area contributed by atoms with Crippen molar-refractivity contribution in [3.8, 4) is 5.75 Å². The van der Waals surface area contributed by atoms with Crippen LogP contribution in [0.3, 0.4) is 0 Å². The topological polar surface area (TPSA) is 64.1 Å². The Morgan fingerprint density at radius 1 is 1.41 bits per heavy atom. The Balaban J connectivity index is 2.04. The lowest BCUT2D eigenvalue weighted by atomic mass is 9.87. The highest BCUT2D eigenvalue weighted by atomic mass is 32.1. The third-order valence-corrected chi connectivity index (χ3v) is 3.66. The smallest absolute Gasteiger partial charge is 0.273 e. The second kappa shape index (κ2) is 6.83. The molecule has 0 aliphatic carbocycles. The number of nitrogens with zero attached hydrogens (tertiary/aromatic N) is 2. The average molecular weight is 323 g/mol. The first-order valence-corrected chi connectivity index (χ1v) is 7.56. The van der Waals surface area contributed by atoms with Gasteiger partial charge in [-0.3, -0.25) is 4.79 Å². The fourth-order valence-electron chi connectivity index (χ4n) is 1.74. The summed E-state index contributed by atoms with van der Waals surface area (Å²) in [6.45, 7) is 6.08. The van der Waals surface area contributed by atoms with Crippen LogP contribution in [0.2, 0.25) is 0 Å². The Hall–Kier alpha value is -2.02. The molecular weight excluding hydrogens is 305 g/mol. The van der Waals surface area contributed by atoms with Crippen molar-refractivity contribution in [3.63, 3.8) is 0 Å². The van der Waals surface area contributed by atoms with E-state index in [0.717, 1.165) is 11.7 Å². The molecule has 1 amide bonds. The number of halogens is 1. The lowest BCUT2D eigenvalue weighted by molar-refractivity contribution is 0.0856. The number of rotatable bonds is 5. The summed E-state index contributed by atoms with van der Waals surface area (Å²) < 4.78 is 26.8. The second-order valence-electron chi connectivity index (χ2n) is 5.93. The number of ether oxygens (including phenoxy) is 1. The molecule has 1 unspecified atom stereocenters. The van der Waals surface area contributed by atoms with Gasteiger partial charge in [0.2, 0.25) is 0 Å². The van der Waals surface area contributed by atoms with E-state index < -0.39 is 5.82 Å². The van der Waals surface area contributed by atoms with E-state index in [2.05, 4.69) is 14.1 Å². The minimum atomic E-state index is -0.426. The predicted octanol–water partition coefficient (Wildman–Crippen LogP) is 2.90. The summed E-state index contributed by atoms with van der Waals surface area (Å²) >= 11 is 0.973. The van der Waals surface area contributed by atoms with Crippen LogP contribution in [0.15, 0.2) is 30.5 Å². The van der Waals surface area contributed by atoms with Crippen molar-refractivity contribution in [3.05, 3.63) is 42.0 Å². The van der Waals surface area contributed by atoms with Crippen LogP contribution in [0, 0.1) is 11.2 Å². The number of amides is 1. The second-order valence-corrected chi connectivity index (χ2v) is 6.48. The van der Waals surface area contributed by atoms with Crippen molar-refractivity contribution in [1.29, 1.82) is 0 Å². The normalized spacial score (nSPS) is 12.7. The van der Waals surface area contributed by atoms with Gasteiger partial charge in [-0.2, -0.15) is 8.75 Å². The van der Waals surface area contributed by atoms with Crippen LogP contribution in [-0.2, 0) is 0 Å².